The number of benzene rings is 2. The monoisotopic (exact) mass is 380 g/mol. The molecule has 0 aliphatic heterocycles. The highest BCUT2D eigenvalue weighted by atomic mass is 32.1. The van der Waals surface area contributed by atoms with Gasteiger partial charge in [-0.1, -0.05) is 54.6 Å². The third kappa shape index (κ3) is 4.41. The summed E-state index contributed by atoms with van der Waals surface area (Å²) in [6, 6.07) is 18.1. The van der Waals surface area contributed by atoms with Gasteiger partial charge in [-0.25, -0.2) is 9.78 Å². The molecular formula is C21H20N2O3S. The number of thiazole rings is 1. The molecule has 0 aliphatic rings. The van der Waals surface area contributed by atoms with Crippen LogP contribution in [-0.2, 0) is 16.0 Å². The van der Waals surface area contributed by atoms with Crippen LogP contribution in [0.5, 0.6) is 0 Å². The SMILES string of the molecule is CC(C)(NC(=O)Cc1csc(-c2ccccc2-c2ccccc2)n1)C(=O)O. The number of aliphatic carboxylic acids is 1. The first-order chi connectivity index (χ1) is 12.9. The van der Waals surface area contributed by atoms with E-state index in [1.807, 2.05) is 47.8 Å². The number of hydrogen-bond acceptors (Lipinski definition) is 4. The molecule has 27 heavy (non-hydrogen) atoms. The van der Waals surface area contributed by atoms with Crippen molar-refractivity contribution in [2.24, 2.45) is 0 Å². The van der Waals surface area contributed by atoms with Crippen molar-refractivity contribution in [3.05, 3.63) is 65.7 Å². The summed E-state index contributed by atoms with van der Waals surface area (Å²) in [5, 5.41) is 14.3. The number of rotatable bonds is 6. The second-order valence-electron chi connectivity index (χ2n) is 6.71. The van der Waals surface area contributed by atoms with Gasteiger partial charge in [0.25, 0.3) is 0 Å². The minimum Gasteiger partial charge on any atom is -0.480 e. The Labute approximate surface area is 161 Å². The lowest BCUT2D eigenvalue weighted by Gasteiger charge is -2.20. The van der Waals surface area contributed by atoms with Crippen molar-refractivity contribution in [1.29, 1.82) is 0 Å². The fourth-order valence-corrected chi connectivity index (χ4v) is 3.52. The fourth-order valence-electron chi connectivity index (χ4n) is 2.66. The Kier molecular flexibility index (Phi) is 5.37. The summed E-state index contributed by atoms with van der Waals surface area (Å²) in [5.41, 5.74) is 2.50. The lowest BCUT2D eigenvalue weighted by molar-refractivity contribution is -0.145. The van der Waals surface area contributed by atoms with E-state index in [4.69, 9.17) is 5.11 Å². The Morgan fingerprint density at radius 2 is 1.67 bits per heavy atom. The van der Waals surface area contributed by atoms with Gasteiger partial charge in [-0.2, -0.15) is 0 Å². The van der Waals surface area contributed by atoms with Crippen molar-refractivity contribution in [2.45, 2.75) is 25.8 Å². The van der Waals surface area contributed by atoms with Gasteiger partial charge in [0, 0.05) is 10.9 Å². The van der Waals surface area contributed by atoms with Gasteiger partial charge in [0.1, 0.15) is 10.5 Å². The summed E-state index contributed by atoms with van der Waals surface area (Å²) >= 11 is 1.47. The maximum Gasteiger partial charge on any atom is 0.328 e. The molecule has 6 heteroatoms. The normalized spacial score (nSPS) is 11.2. The summed E-state index contributed by atoms with van der Waals surface area (Å²) in [4.78, 5) is 27.9. The molecule has 2 N–H and O–H groups in total. The molecule has 0 saturated carbocycles. The topological polar surface area (TPSA) is 79.3 Å². The standard InChI is InChI=1S/C21H20N2O3S/c1-21(2,20(25)26)23-18(24)12-15-13-27-19(22-15)17-11-7-6-10-16(17)14-8-4-3-5-9-14/h3-11,13H,12H2,1-2H3,(H,23,24)(H,25,26). The molecule has 0 radical (unpaired) electrons. The molecule has 0 atom stereocenters. The van der Waals surface area contributed by atoms with Gasteiger partial charge in [-0.3, -0.25) is 4.79 Å². The summed E-state index contributed by atoms with van der Waals surface area (Å²) in [6.07, 6.45) is 0.0424. The van der Waals surface area contributed by atoms with Crippen LogP contribution in [0, 0.1) is 0 Å². The Bertz CT molecular complexity index is 964. The smallest absolute Gasteiger partial charge is 0.328 e. The minimum absolute atomic E-state index is 0.0424. The number of aromatic nitrogens is 1. The maximum absolute atomic E-state index is 12.2. The third-order valence-corrected chi connectivity index (χ3v) is 5.05. The highest BCUT2D eigenvalue weighted by Gasteiger charge is 2.29. The lowest BCUT2D eigenvalue weighted by atomic mass is 10.0. The van der Waals surface area contributed by atoms with E-state index < -0.39 is 11.5 Å². The molecule has 5 nitrogen and oxygen atoms in total. The van der Waals surface area contributed by atoms with E-state index in [1.165, 1.54) is 25.2 Å². The predicted octanol–water partition coefficient (Wildman–Crippen LogP) is 4.00. The number of hydrogen-bond donors (Lipinski definition) is 2. The van der Waals surface area contributed by atoms with Crippen LogP contribution in [0.1, 0.15) is 19.5 Å². The molecule has 3 aromatic rings. The van der Waals surface area contributed by atoms with Crippen LogP contribution in [0.15, 0.2) is 60.0 Å². The number of carboxylic acid groups (broad SMARTS) is 1. The number of carbonyl (C=O) groups is 2. The number of nitrogens with one attached hydrogen (secondary N) is 1. The summed E-state index contributed by atoms with van der Waals surface area (Å²) in [7, 11) is 0. The zero-order valence-corrected chi connectivity index (χ0v) is 15.9. The number of nitrogens with zero attached hydrogens (tertiary/aromatic N) is 1. The average molecular weight is 380 g/mol. The molecule has 3 rings (SSSR count). The second-order valence-corrected chi connectivity index (χ2v) is 7.57. The lowest BCUT2D eigenvalue weighted by Crippen LogP contribution is -2.50. The van der Waals surface area contributed by atoms with Gasteiger partial charge in [0.2, 0.25) is 5.91 Å². The molecule has 1 heterocycles. The second kappa shape index (κ2) is 7.72. The van der Waals surface area contributed by atoms with E-state index >= 15 is 0 Å². The van der Waals surface area contributed by atoms with E-state index in [-0.39, 0.29) is 12.3 Å². The first-order valence-electron chi connectivity index (χ1n) is 8.50. The first-order valence-corrected chi connectivity index (χ1v) is 9.38. The van der Waals surface area contributed by atoms with Crippen molar-refractivity contribution in [2.75, 3.05) is 0 Å². The van der Waals surface area contributed by atoms with Crippen LogP contribution in [-0.4, -0.2) is 27.5 Å². The van der Waals surface area contributed by atoms with Crippen molar-refractivity contribution < 1.29 is 14.7 Å². The van der Waals surface area contributed by atoms with Gasteiger partial charge < -0.3 is 10.4 Å². The van der Waals surface area contributed by atoms with Crippen molar-refractivity contribution in [3.8, 4) is 21.7 Å². The number of carbonyl (C=O) groups excluding carboxylic acids is 1. The van der Waals surface area contributed by atoms with E-state index in [0.717, 1.165) is 21.7 Å². The molecule has 2 aromatic carbocycles. The Morgan fingerprint density at radius 3 is 2.33 bits per heavy atom. The number of carboxylic acids is 1. The van der Waals surface area contributed by atoms with Crippen LogP contribution >= 0.6 is 11.3 Å². The molecule has 138 valence electrons. The third-order valence-electron chi connectivity index (χ3n) is 4.12. The Balaban J connectivity index is 1.81. The summed E-state index contributed by atoms with van der Waals surface area (Å²) in [5.74, 6) is -1.44. The average Bonchev–Trinajstić information content (AvgIpc) is 3.10. The first kappa shape index (κ1) is 18.8. The van der Waals surface area contributed by atoms with Crippen LogP contribution in [0.4, 0.5) is 0 Å². The van der Waals surface area contributed by atoms with E-state index in [1.54, 1.807) is 0 Å². The van der Waals surface area contributed by atoms with Crippen LogP contribution in [0.25, 0.3) is 21.7 Å². The Morgan fingerprint density at radius 1 is 1.04 bits per heavy atom. The summed E-state index contributed by atoms with van der Waals surface area (Å²) in [6.45, 7) is 2.91. The van der Waals surface area contributed by atoms with Gasteiger partial charge in [-0.15, -0.1) is 11.3 Å². The largest absolute Gasteiger partial charge is 0.480 e. The predicted molar refractivity (Wildman–Crippen MR) is 107 cm³/mol. The Hall–Kier alpha value is -2.99. The van der Waals surface area contributed by atoms with Crippen LogP contribution in [0.2, 0.25) is 0 Å². The number of amides is 1. The maximum atomic E-state index is 12.2. The molecule has 0 fully saturated rings. The minimum atomic E-state index is -1.31. The van der Waals surface area contributed by atoms with Crippen LogP contribution < -0.4 is 5.32 Å². The molecule has 0 bridgehead atoms. The van der Waals surface area contributed by atoms with Crippen molar-refractivity contribution >= 4 is 23.2 Å². The quantitative estimate of drug-likeness (QED) is 0.677. The fraction of sp³-hybridized carbons (Fsp3) is 0.190. The molecule has 0 spiro atoms. The molecular weight excluding hydrogens is 360 g/mol. The molecule has 0 saturated heterocycles. The van der Waals surface area contributed by atoms with E-state index in [2.05, 4.69) is 22.4 Å². The van der Waals surface area contributed by atoms with Gasteiger partial charge in [0.05, 0.1) is 12.1 Å². The highest BCUT2D eigenvalue weighted by Crippen LogP contribution is 2.33. The van der Waals surface area contributed by atoms with Crippen molar-refractivity contribution in [3.63, 3.8) is 0 Å². The van der Waals surface area contributed by atoms with E-state index in [9.17, 15) is 9.59 Å². The molecule has 1 amide bonds. The van der Waals surface area contributed by atoms with Crippen LogP contribution in [0.3, 0.4) is 0 Å². The zero-order valence-electron chi connectivity index (χ0n) is 15.1. The summed E-state index contributed by atoms with van der Waals surface area (Å²) < 4.78 is 0. The highest BCUT2D eigenvalue weighted by molar-refractivity contribution is 7.13. The molecule has 1 aromatic heterocycles. The zero-order chi connectivity index (χ0) is 19.4. The molecule has 0 unspecified atom stereocenters. The van der Waals surface area contributed by atoms with Crippen molar-refractivity contribution in [1.82, 2.24) is 10.3 Å². The van der Waals surface area contributed by atoms with Gasteiger partial charge in [0.15, 0.2) is 0 Å². The molecule has 0 aliphatic carbocycles. The van der Waals surface area contributed by atoms with Gasteiger partial charge >= 0.3 is 5.97 Å². The van der Waals surface area contributed by atoms with E-state index in [0.29, 0.717) is 5.69 Å². The van der Waals surface area contributed by atoms with Gasteiger partial charge in [-0.05, 0) is 25.0 Å².